The molecule has 1 unspecified atom stereocenters. The van der Waals surface area contributed by atoms with Crippen LogP contribution in [-0.4, -0.2) is 0 Å². The molecule has 0 aliphatic heterocycles. The van der Waals surface area contributed by atoms with Crippen LogP contribution in [-0.2, 0) is 16.2 Å². The Morgan fingerprint density at radius 3 is 2.00 bits per heavy atom. The number of hydrogen-bond donors (Lipinski definition) is 0. The molecule has 236 valence electrons. The quantitative estimate of drug-likeness (QED) is 0.196. The molecule has 0 saturated heterocycles. The van der Waals surface area contributed by atoms with Gasteiger partial charge in [-0.1, -0.05) is 128 Å². The molecule has 1 atom stereocenters. The lowest BCUT2D eigenvalue weighted by atomic mass is 9.79. The molecule has 3 aliphatic carbocycles. The minimum atomic E-state index is -0.0990. The monoisotopic (exact) mass is 613 g/mol. The van der Waals surface area contributed by atoms with E-state index in [4.69, 9.17) is 0 Å². The first kappa shape index (κ1) is 30.0. The van der Waals surface area contributed by atoms with Crippen LogP contribution >= 0.6 is 0 Å². The summed E-state index contributed by atoms with van der Waals surface area (Å²) in [6, 6.07) is 35.1. The number of hydrogen-bond acceptors (Lipinski definition) is 1. The molecule has 0 bridgehead atoms. The number of anilines is 3. The standard InChI is InChI=1S/C46H47N/c1-28-14-12-16-33-29(2)42(25-24-32(28)33)47(30-20-22-35-34-15-10-11-17-37(34)45(6,7)40(35)26-30)31-21-23-36-41(27-31)46(8,9)39-19-13-18-38(43(36)39)44(3,4)5/h10-13,15-28H,14H2,1-9H3. The zero-order chi connectivity index (χ0) is 33.0. The van der Waals surface area contributed by atoms with Crippen LogP contribution in [0.1, 0.15) is 112 Å². The lowest BCUT2D eigenvalue weighted by Crippen LogP contribution is -2.19. The lowest BCUT2D eigenvalue weighted by molar-refractivity contribution is 0.589. The Kier molecular flexibility index (Phi) is 6.43. The summed E-state index contributed by atoms with van der Waals surface area (Å²) >= 11 is 0. The van der Waals surface area contributed by atoms with E-state index in [-0.39, 0.29) is 16.2 Å². The van der Waals surface area contributed by atoms with Gasteiger partial charge in [0.2, 0.25) is 0 Å². The topological polar surface area (TPSA) is 3.24 Å². The van der Waals surface area contributed by atoms with Crippen LogP contribution in [0.5, 0.6) is 0 Å². The lowest BCUT2D eigenvalue weighted by Gasteiger charge is -2.32. The molecule has 0 radical (unpaired) electrons. The predicted octanol–water partition coefficient (Wildman–Crippen LogP) is 12.9. The first-order chi connectivity index (χ1) is 22.3. The molecule has 8 rings (SSSR count). The maximum atomic E-state index is 2.53. The smallest absolute Gasteiger partial charge is 0.0496 e. The predicted molar refractivity (Wildman–Crippen MR) is 202 cm³/mol. The molecular weight excluding hydrogens is 567 g/mol. The van der Waals surface area contributed by atoms with Crippen LogP contribution in [0.2, 0.25) is 0 Å². The van der Waals surface area contributed by atoms with Gasteiger partial charge in [0, 0.05) is 27.9 Å². The fourth-order valence-corrected chi connectivity index (χ4v) is 8.95. The Bertz CT molecular complexity index is 2130. The molecule has 0 heterocycles. The Labute approximate surface area is 282 Å². The molecule has 47 heavy (non-hydrogen) atoms. The molecule has 0 amide bonds. The summed E-state index contributed by atoms with van der Waals surface area (Å²) < 4.78 is 0. The van der Waals surface area contributed by atoms with Crippen molar-refractivity contribution < 1.29 is 0 Å². The fraction of sp³-hybridized carbons (Fsp3) is 0.304. The van der Waals surface area contributed by atoms with E-state index < -0.39 is 0 Å². The van der Waals surface area contributed by atoms with Crippen molar-refractivity contribution in [3.05, 3.63) is 142 Å². The third-order valence-corrected chi connectivity index (χ3v) is 11.6. The molecular formula is C46H47N. The van der Waals surface area contributed by atoms with Gasteiger partial charge in [0.05, 0.1) is 0 Å². The number of rotatable bonds is 3. The average molecular weight is 614 g/mol. The first-order valence-corrected chi connectivity index (χ1v) is 17.4. The Morgan fingerprint density at radius 1 is 0.660 bits per heavy atom. The second-order valence-electron chi connectivity index (χ2n) is 16.3. The third kappa shape index (κ3) is 4.28. The van der Waals surface area contributed by atoms with Gasteiger partial charge in [-0.25, -0.2) is 0 Å². The van der Waals surface area contributed by atoms with Gasteiger partial charge in [-0.15, -0.1) is 0 Å². The number of fused-ring (bicyclic) bond motifs is 7. The van der Waals surface area contributed by atoms with E-state index in [0.29, 0.717) is 5.92 Å². The molecule has 0 N–H and O–H groups in total. The van der Waals surface area contributed by atoms with Crippen molar-refractivity contribution in [1.82, 2.24) is 0 Å². The number of benzene rings is 5. The van der Waals surface area contributed by atoms with Crippen molar-refractivity contribution in [2.24, 2.45) is 0 Å². The minimum Gasteiger partial charge on any atom is -0.310 e. The molecule has 3 aliphatic rings. The van der Waals surface area contributed by atoms with Crippen molar-refractivity contribution >= 4 is 23.1 Å². The molecule has 1 heteroatoms. The van der Waals surface area contributed by atoms with Gasteiger partial charge in [-0.05, 0) is 122 Å². The van der Waals surface area contributed by atoms with Crippen molar-refractivity contribution in [2.75, 3.05) is 4.90 Å². The normalized spacial score (nSPS) is 17.9. The summed E-state index contributed by atoms with van der Waals surface area (Å²) in [5.41, 5.74) is 20.4. The van der Waals surface area contributed by atoms with Crippen LogP contribution < -0.4 is 4.90 Å². The van der Waals surface area contributed by atoms with Crippen LogP contribution in [0.4, 0.5) is 17.1 Å². The highest BCUT2D eigenvalue weighted by atomic mass is 15.1. The average Bonchev–Trinajstić information content (AvgIpc) is 3.41. The zero-order valence-corrected chi connectivity index (χ0v) is 29.5. The summed E-state index contributed by atoms with van der Waals surface area (Å²) in [5.74, 6) is 0.534. The Hall–Kier alpha value is -4.36. The van der Waals surface area contributed by atoms with E-state index in [1.165, 1.54) is 83.8 Å². The number of allylic oxidation sites excluding steroid dienone is 1. The summed E-state index contributed by atoms with van der Waals surface area (Å²) in [4.78, 5) is 2.53. The molecule has 0 aromatic heterocycles. The molecule has 0 fully saturated rings. The van der Waals surface area contributed by atoms with Gasteiger partial charge >= 0.3 is 0 Å². The summed E-state index contributed by atoms with van der Waals surface area (Å²) in [6.07, 6.45) is 5.81. The largest absolute Gasteiger partial charge is 0.310 e. The zero-order valence-electron chi connectivity index (χ0n) is 29.5. The second-order valence-corrected chi connectivity index (χ2v) is 16.3. The maximum absolute atomic E-state index is 2.53. The van der Waals surface area contributed by atoms with Gasteiger partial charge in [0.25, 0.3) is 0 Å². The van der Waals surface area contributed by atoms with E-state index in [2.05, 4.69) is 170 Å². The second kappa shape index (κ2) is 10.1. The van der Waals surface area contributed by atoms with Crippen molar-refractivity contribution in [2.45, 2.75) is 90.9 Å². The van der Waals surface area contributed by atoms with Gasteiger partial charge < -0.3 is 4.90 Å². The Balaban J connectivity index is 1.36. The fourth-order valence-electron chi connectivity index (χ4n) is 8.95. The summed E-state index contributed by atoms with van der Waals surface area (Å²) in [6.45, 7) is 21.3. The molecule has 5 aromatic rings. The van der Waals surface area contributed by atoms with Crippen molar-refractivity contribution in [3.8, 4) is 22.3 Å². The van der Waals surface area contributed by atoms with Crippen molar-refractivity contribution in [1.29, 1.82) is 0 Å². The number of nitrogens with zero attached hydrogens (tertiary/aromatic N) is 1. The highest BCUT2D eigenvalue weighted by Crippen LogP contribution is 2.55. The van der Waals surface area contributed by atoms with E-state index in [1.54, 1.807) is 0 Å². The van der Waals surface area contributed by atoms with E-state index >= 15 is 0 Å². The van der Waals surface area contributed by atoms with Gasteiger partial charge in [0.15, 0.2) is 0 Å². The van der Waals surface area contributed by atoms with E-state index in [0.717, 1.165) is 6.42 Å². The van der Waals surface area contributed by atoms with Crippen LogP contribution in [0.15, 0.2) is 97.1 Å². The SMILES string of the molecule is Cc1c(N(c2ccc3c(c2)C(C)(C)c2ccccc2-3)c2ccc3c(c2)C(C)(C)c2cccc(C(C)(C)C)c2-3)ccc2c1C=CCC2C. The Morgan fingerprint density at radius 2 is 1.28 bits per heavy atom. The molecule has 5 aromatic carbocycles. The van der Waals surface area contributed by atoms with Gasteiger partial charge in [-0.2, -0.15) is 0 Å². The third-order valence-electron chi connectivity index (χ3n) is 11.6. The van der Waals surface area contributed by atoms with E-state index in [9.17, 15) is 0 Å². The highest BCUT2D eigenvalue weighted by molar-refractivity contribution is 5.90. The molecule has 0 spiro atoms. The van der Waals surface area contributed by atoms with Crippen molar-refractivity contribution in [3.63, 3.8) is 0 Å². The van der Waals surface area contributed by atoms with Gasteiger partial charge in [0.1, 0.15) is 0 Å². The minimum absolute atomic E-state index is 0.0629. The summed E-state index contributed by atoms with van der Waals surface area (Å²) in [5, 5.41) is 0. The van der Waals surface area contributed by atoms with Gasteiger partial charge in [-0.3, -0.25) is 0 Å². The van der Waals surface area contributed by atoms with Crippen LogP contribution in [0.25, 0.3) is 28.3 Å². The maximum Gasteiger partial charge on any atom is 0.0496 e. The van der Waals surface area contributed by atoms with Crippen LogP contribution in [0.3, 0.4) is 0 Å². The first-order valence-electron chi connectivity index (χ1n) is 17.4. The molecule has 1 nitrogen and oxygen atoms in total. The highest BCUT2D eigenvalue weighted by Gasteiger charge is 2.40. The van der Waals surface area contributed by atoms with Crippen LogP contribution in [0, 0.1) is 6.92 Å². The molecule has 0 saturated carbocycles. The summed E-state index contributed by atoms with van der Waals surface area (Å²) in [7, 11) is 0. The van der Waals surface area contributed by atoms with E-state index in [1.807, 2.05) is 0 Å².